The summed E-state index contributed by atoms with van der Waals surface area (Å²) in [7, 11) is 1.67. The maximum atomic E-state index is 12.8. The molecule has 0 aliphatic carbocycles. The van der Waals surface area contributed by atoms with Gasteiger partial charge in [-0.3, -0.25) is 19.0 Å². The third-order valence-corrected chi connectivity index (χ3v) is 4.57. The Morgan fingerprint density at radius 3 is 2.60 bits per heavy atom. The molecule has 1 aliphatic heterocycles. The summed E-state index contributed by atoms with van der Waals surface area (Å²) in [4.78, 5) is 43.4. The highest BCUT2D eigenvalue weighted by Gasteiger charge is 2.32. The molecule has 8 nitrogen and oxygen atoms in total. The lowest BCUT2D eigenvalue weighted by Crippen LogP contribution is -2.56. The van der Waals surface area contributed by atoms with Crippen LogP contribution in [0, 0.1) is 6.92 Å². The van der Waals surface area contributed by atoms with Crippen molar-refractivity contribution in [2.45, 2.75) is 58.7 Å². The number of hydrogen-bond donors (Lipinski definition) is 2. The van der Waals surface area contributed by atoms with Crippen molar-refractivity contribution in [1.29, 1.82) is 0 Å². The molecule has 3 N–H and O–H groups in total. The zero-order chi connectivity index (χ0) is 18.9. The summed E-state index contributed by atoms with van der Waals surface area (Å²) in [6.45, 7) is 7.49. The highest BCUT2D eigenvalue weighted by molar-refractivity contribution is 5.91. The molecule has 0 fully saturated rings. The third-order valence-electron chi connectivity index (χ3n) is 4.57. The van der Waals surface area contributed by atoms with Crippen LogP contribution >= 0.6 is 0 Å². The number of hydrogen-bond acceptors (Lipinski definition) is 5. The summed E-state index contributed by atoms with van der Waals surface area (Å²) in [5, 5.41) is 2.71. The molecular formula is C17H27N5O3. The summed E-state index contributed by atoms with van der Waals surface area (Å²) in [5.74, 6) is 0.0825. The summed E-state index contributed by atoms with van der Waals surface area (Å²) in [5.41, 5.74) is 5.91. The van der Waals surface area contributed by atoms with Gasteiger partial charge in [-0.2, -0.15) is 0 Å². The normalized spacial score (nSPS) is 15.5. The molecule has 0 aromatic carbocycles. The molecule has 25 heavy (non-hydrogen) atoms. The second kappa shape index (κ2) is 6.95. The van der Waals surface area contributed by atoms with Gasteiger partial charge in [0.05, 0.1) is 23.3 Å². The quantitative estimate of drug-likeness (QED) is 0.769. The average molecular weight is 349 g/mol. The van der Waals surface area contributed by atoms with Crippen molar-refractivity contribution in [3.05, 3.63) is 27.4 Å². The Kier molecular flexibility index (Phi) is 5.31. The predicted molar refractivity (Wildman–Crippen MR) is 93.8 cm³/mol. The van der Waals surface area contributed by atoms with Crippen LogP contribution in [0.15, 0.2) is 4.79 Å². The molecular weight excluding hydrogens is 322 g/mol. The third kappa shape index (κ3) is 3.89. The monoisotopic (exact) mass is 349 g/mol. The molecule has 1 aliphatic rings. The summed E-state index contributed by atoms with van der Waals surface area (Å²) < 4.78 is 1.49. The zero-order valence-electron chi connectivity index (χ0n) is 15.5. The molecule has 0 spiro atoms. The number of fused-ring (bicyclic) bond motifs is 1. The van der Waals surface area contributed by atoms with Crippen LogP contribution in [-0.2, 0) is 29.6 Å². The van der Waals surface area contributed by atoms with Crippen molar-refractivity contribution in [2.24, 2.45) is 12.8 Å². The molecule has 8 heteroatoms. The summed E-state index contributed by atoms with van der Waals surface area (Å²) in [6, 6.07) is -0.654. The number of nitrogens with zero attached hydrogens (tertiary/aromatic N) is 3. The van der Waals surface area contributed by atoms with Gasteiger partial charge in [0, 0.05) is 20.0 Å². The van der Waals surface area contributed by atoms with E-state index < -0.39 is 11.6 Å². The first-order valence-electron chi connectivity index (χ1n) is 8.50. The second-order valence-electron chi connectivity index (χ2n) is 7.11. The van der Waals surface area contributed by atoms with Crippen LogP contribution in [0.3, 0.4) is 0 Å². The number of amides is 2. The van der Waals surface area contributed by atoms with Gasteiger partial charge in [-0.1, -0.05) is 6.92 Å². The van der Waals surface area contributed by atoms with Gasteiger partial charge in [-0.15, -0.1) is 0 Å². The maximum Gasteiger partial charge on any atom is 0.258 e. The number of aryl methyl sites for hydroxylation is 1. The fourth-order valence-corrected chi connectivity index (χ4v) is 2.78. The largest absolute Gasteiger partial charge is 0.343 e. The first-order chi connectivity index (χ1) is 11.6. The van der Waals surface area contributed by atoms with E-state index in [1.165, 1.54) is 4.57 Å². The smallest absolute Gasteiger partial charge is 0.258 e. The van der Waals surface area contributed by atoms with E-state index in [0.29, 0.717) is 30.8 Å². The van der Waals surface area contributed by atoms with Crippen LogP contribution < -0.4 is 16.6 Å². The standard InChI is InChI=1S/C17H27N5O3/c1-6-12(20-16(25)17(3,4)18)15(24)22-8-7-13-11(9-22)14(23)21(5)10(2)19-13/h12H,6-9,18H2,1-5H3,(H,20,25)/t12-/m1/s1. The van der Waals surface area contributed by atoms with Crippen molar-refractivity contribution in [3.63, 3.8) is 0 Å². The Morgan fingerprint density at radius 2 is 2.04 bits per heavy atom. The highest BCUT2D eigenvalue weighted by atomic mass is 16.2. The fourth-order valence-electron chi connectivity index (χ4n) is 2.78. The molecule has 0 saturated carbocycles. The zero-order valence-corrected chi connectivity index (χ0v) is 15.5. The van der Waals surface area contributed by atoms with Gasteiger partial charge in [-0.05, 0) is 27.2 Å². The minimum absolute atomic E-state index is 0.125. The van der Waals surface area contributed by atoms with Crippen LogP contribution in [-0.4, -0.2) is 44.4 Å². The second-order valence-corrected chi connectivity index (χ2v) is 7.11. The van der Waals surface area contributed by atoms with Gasteiger partial charge in [-0.25, -0.2) is 4.98 Å². The maximum absolute atomic E-state index is 12.8. The van der Waals surface area contributed by atoms with Gasteiger partial charge in [0.15, 0.2) is 0 Å². The van der Waals surface area contributed by atoms with E-state index in [4.69, 9.17) is 5.73 Å². The summed E-state index contributed by atoms with van der Waals surface area (Å²) >= 11 is 0. The van der Waals surface area contributed by atoms with Crippen LogP contribution in [0.2, 0.25) is 0 Å². The molecule has 2 heterocycles. The van der Waals surface area contributed by atoms with E-state index in [2.05, 4.69) is 10.3 Å². The number of carbonyl (C=O) groups excluding carboxylic acids is 2. The van der Waals surface area contributed by atoms with Crippen molar-refractivity contribution >= 4 is 11.8 Å². The number of aromatic nitrogens is 2. The molecule has 0 bridgehead atoms. The first kappa shape index (κ1) is 19.1. The molecule has 138 valence electrons. The molecule has 1 aromatic rings. The van der Waals surface area contributed by atoms with Crippen molar-refractivity contribution in [3.8, 4) is 0 Å². The van der Waals surface area contributed by atoms with Crippen LogP contribution in [0.4, 0.5) is 0 Å². The minimum atomic E-state index is -1.06. The Hall–Kier alpha value is -2.22. The van der Waals surface area contributed by atoms with Crippen LogP contribution in [0.25, 0.3) is 0 Å². The predicted octanol–water partition coefficient (Wildman–Crippen LogP) is -0.394. The summed E-state index contributed by atoms with van der Waals surface area (Å²) in [6.07, 6.45) is 0.985. The van der Waals surface area contributed by atoms with E-state index in [-0.39, 0.29) is 23.9 Å². The Labute approximate surface area is 147 Å². The lowest BCUT2D eigenvalue weighted by molar-refractivity contribution is -0.138. The molecule has 1 aromatic heterocycles. The molecule has 0 saturated heterocycles. The topological polar surface area (TPSA) is 110 Å². The van der Waals surface area contributed by atoms with Crippen molar-refractivity contribution in [1.82, 2.24) is 19.8 Å². The molecule has 2 amide bonds. The Morgan fingerprint density at radius 1 is 1.40 bits per heavy atom. The molecule has 2 rings (SSSR count). The van der Waals surface area contributed by atoms with Gasteiger partial charge >= 0.3 is 0 Å². The minimum Gasteiger partial charge on any atom is -0.343 e. The Bertz CT molecular complexity index is 748. The van der Waals surface area contributed by atoms with Crippen molar-refractivity contribution in [2.75, 3.05) is 6.54 Å². The van der Waals surface area contributed by atoms with Gasteiger partial charge in [0.2, 0.25) is 11.8 Å². The Balaban J connectivity index is 2.20. The molecule has 0 unspecified atom stereocenters. The average Bonchev–Trinajstić information content (AvgIpc) is 2.55. The van der Waals surface area contributed by atoms with Gasteiger partial charge in [0.25, 0.3) is 5.56 Å². The molecule has 0 radical (unpaired) electrons. The fraction of sp³-hybridized carbons (Fsp3) is 0.647. The van der Waals surface area contributed by atoms with E-state index in [1.807, 2.05) is 6.92 Å². The lowest BCUT2D eigenvalue weighted by Gasteiger charge is -2.32. The molecule has 1 atom stereocenters. The van der Waals surface area contributed by atoms with Crippen LogP contribution in [0.5, 0.6) is 0 Å². The van der Waals surface area contributed by atoms with Crippen molar-refractivity contribution < 1.29 is 9.59 Å². The van der Waals surface area contributed by atoms with E-state index in [0.717, 1.165) is 5.69 Å². The van der Waals surface area contributed by atoms with Crippen LogP contribution in [0.1, 0.15) is 44.3 Å². The van der Waals surface area contributed by atoms with Gasteiger partial charge < -0.3 is 16.0 Å². The number of nitrogens with two attached hydrogens (primary N) is 1. The number of nitrogens with one attached hydrogen (secondary N) is 1. The number of rotatable bonds is 4. The first-order valence-corrected chi connectivity index (χ1v) is 8.50. The van der Waals surface area contributed by atoms with E-state index >= 15 is 0 Å². The van der Waals surface area contributed by atoms with Gasteiger partial charge in [0.1, 0.15) is 11.9 Å². The van der Waals surface area contributed by atoms with E-state index in [1.54, 1.807) is 32.7 Å². The lowest BCUT2D eigenvalue weighted by atomic mass is 10.0. The highest BCUT2D eigenvalue weighted by Crippen LogP contribution is 2.16. The van der Waals surface area contributed by atoms with E-state index in [9.17, 15) is 14.4 Å². The number of carbonyl (C=O) groups is 2. The SMILES string of the molecule is CC[C@@H](NC(=O)C(C)(C)N)C(=O)N1CCc2nc(C)n(C)c(=O)c2C1.